The zero-order valence-electron chi connectivity index (χ0n) is 22.9. The molecule has 0 spiro atoms. The van der Waals surface area contributed by atoms with E-state index in [4.69, 9.17) is 0 Å². The molecule has 0 aromatic heterocycles. The van der Waals surface area contributed by atoms with Crippen LogP contribution in [0.2, 0.25) is 24.7 Å². The first-order valence-electron chi connectivity index (χ1n) is 14.4. The fourth-order valence-electron chi connectivity index (χ4n) is 9.36. The molecule has 0 bridgehead atoms. The maximum absolute atomic E-state index is 4.12. The summed E-state index contributed by atoms with van der Waals surface area (Å²) in [5, 5.41) is 0. The van der Waals surface area contributed by atoms with Crippen molar-refractivity contribution in [1.29, 1.82) is 0 Å². The molecule has 0 amide bonds. The topological polar surface area (TPSA) is 0 Å². The van der Waals surface area contributed by atoms with Crippen molar-refractivity contribution in [1.82, 2.24) is 0 Å². The van der Waals surface area contributed by atoms with Crippen LogP contribution in [-0.2, 0) is 0 Å². The van der Waals surface area contributed by atoms with Gasteiger partial charge in [0.2, 0.25) is 0 Å². The Labute approximate surface area is 211 Å². The van der Waals surface area contributed by atoms with E-state index in [1.54, 1.807) is 5.57 Å². The van der Waals surface area contributed by atoms with Crippen molar-refractivity contribution in [3.63, 3.8) is 0 Å². The van der Waals surface area contributed by atoms with Crippen LogP contribution in [-0.4, -0.2) is 8.07 Å². The second-order valence-corrected chi connectivity index (χ2v) is 19.7. The number of hydrogen-bond acceptors (Lipinski definition) is 0. The van der Waals surface area contributed by atoms with E-state index < -0.39 is 8.07 Å². The summed E-state index contributed by atoms with van der Waals surface area (Å²) < 4.78 is 0. The lowest BCUT2D eigenvalue weighted by Gasteiger charge is -2.47. The van der Waals surface area contributed by atoms with Crippen LogP contribution >= 0.6 is 0 Å². The quantitative estimate of drug-likeness (QED) is 0.275. The molecule has 5 aliphatic carbocycles. The number of allylic oxidation sites excluding steroid dienone is 9. The molecule has 7 atom stereocenters. The summed E-state index contributed by atoms with van der Waals surface area (Å²) in [4.78, 5) is 0. The van der Waals surface area contributed by atoms with E-state index >= 15 is 0 Å². The smallest absolute Gasteiger partial charge is 0.0542 e. The van der Waals surface area contributed by atoms with Crippen LogP contribution in [0, 0.1) is 46.3 Å². The molecule has 3 saturated carbocycles. The monoisotopic (exact) mass is 474 g/mol. The largest absolute Gasteiger partial charge is 0.103 e. The zero-order chi connectivity index (χ0) is 24.3. The normalized spacial score (nSPS) is 38.9. The Bertz CT molecular complexity index is 913. The summed E-state index contributed by atoms with van der Waals surface area (Å²) in [6.07, 6.45) is 28.3. The van der Waals surface area contributed by atoms with Crippen LogP contribution in [0.3, 0.4) is 0 Å². The van der Waals surface area contributed by atoms with Crippen LogP contribution in [0.25, 0.3) is 0 Å². The first-order chi connectivity index (χ1) is 16.1. The molecule has 0 N–H and O–H groups in total. The summed E-state index contributed by atoms with van der Waals surface area (Å²) in [5.74, 6) is 4.61. The minimum atomic E-state index is -1.22. The lowest BCUT2D eigenvalue weighted by atomic mass is 9.57. The lowest BCUT2D eigenvalue weighted by molar-refractivity contribution is 0.0410. The van der Waals surface area contributed by atoms with Gasteiger partial charge in [0.1, 0.15) is 0 Å². The van der Waals surface area contributed by atoms with Crippen molar-refractivity contribution in [2.75, 3.05) is 0 Å². The zero-order valence-corrected chi connectivity index (χ0v) is 23.9. The summed E-state index contributed by atoms with van der Waals surface area (Å²) in [7, 11) is -1.22. The van der Waals surface area contributed by atoms with Gasteiger partial charge in [-0.2, -0.15) is 0 Å². The van der Waals surface area contributed by atoms with Gasteiger partial charge < -0.3 is 0 Å². The Morgan fingerprint density at radius 3 is 2.26 bits per heavy atom. The van der Waals surface area contributed by atoms with Crippen LogP contribution in [0.4, 0.5) is 0 Å². The van der Waals surface area contributed by atoms with E-state index in [0.717, 1.165) is 29.2 Å². The SMILES string of the molecule is C=CC[Si](C)(C)C1CCC(C2(C3C4C=C(C)C=CC4C4C=CC(C(C)(C)C)=CC43)CCCC2)C1. The van der Waals surface area contributed by atoms with E-state index in [-0.39, 0.29) is 5.41 Å². The van der Waals surface area contributed by atoms with Gasteiger partial charge in [-0.3, -0.25) is 0 Å². The van der Waals surface area contributed by atoms with Gasteiger partial charge in [-0.25, -0.2) is 0 Å². The summed E-state index contributed by atoms with van der Waals surface area (Å²) >= 11 is 0. The van der Waals surface area contributed by atoms with E-state index in [9.17, 15) is 0 Å². The minimum Gasteiger partial charge on any atom is -0.103 e. The Hall–Kier alpha value is -1.08. The summed E-state index contributed by atoms with van der Waals surface area (Å²) in [6.45, 7) is 19.0. The molecule has 34 heavy (non-hydrogen) atoms. The van der Waals surface area contributed by atoms with Crippen molar-refractivity contribution < 1.29 is 0 Å². The highest BCUT2D eigenvalue weighted by atomic mass is 28.3. The number of rotatable bonds is 5. The van der Waals surface area contributed by atoms with Crippen molar-refractivity contribution in [2.24, 2.45) is 46.3 Å². The van der Waals surface area contributed by atoms with E-state index in [2.05, 4.69) is 89.9 Å². The van der Waals surface area contributed by atoms with Crippen molar-refractivity contribution in [2.45, 2.75) is 97.3 Å². The van der Waals surface area contributed by atoms with Crippen LogP contribution in [0.15, 0.2) is 60.3 Å². The molecular weight excluding hydrogens is 424 g/mol. The third-order valence-corrected chi connectivity index (χ3v) is 15.2. The Kier molecular flexibility index (Phi) is 6.36. The van der Waals surface area contributed by atoms with Gasteiger partial charge in [-0.15, -0.1) is 6.58 Å². The van der Waals surface area contributed by atoms with E-state index in [0.29, 0.717) is 17.3 Å². The van der Waals surface area contributed by atoms with E-state index in [1.165, 1.54) is 56.6 Å². The van der Waals surface area contributed by atoms with Crippen LogP contribution in [0.5, 0.6) is 0 Å². The fraction of sp³-hybridized carbons (Fsp3) is 0.697. The Morgan fingerprint density at radius 2 is 1.62 bits per heavy atom. The third-order valence-electron chi connectivity index (χ3n) is 11.2. The lowest BCUT2D eigenvalue weighted by Crippen LogP contribution is -2.41. The standard InChI is InChI=1S/C33H50Si/c1-8-19-34(6,7)26-14-12-25(21-26)33(17-9-10-18-33)31-29-20-23(2)11-15-27(29)28-16-13-24(22-30(28)31)32(3,4)5/h8,11,13,15-16,20,22,25-31H,1,9-10,12,14,17-19,21H2,2-7H3. The van der Waals surface area contributed by atoms with Gasteiger partial charge in [0, 0.05) is 0 Å². The van der Waals surface area contributed by atoms with Gasteiger partial charge in [-0.1, -0.05) is 101 Å². The van der Waals surface area contributed by atoms with Crippen molar-refractivity contribution >= 4 is 8.07 Å². The highest BCUT2D eigenvalue weighted by molar-refractivity contribution is 6.79. The molecule has 3 fully saturated rings. The molecule has 0 aliphatic heterocycles. The average molecular weight is 475 g/mol. The van der Waals surface area contributed by atoms with Crippen molar-refractivity contribution in [3.8, 4) is 0 Å². The molecule has 0 aromatic carbocycles. The molecular formula is C33H50Si. The van der Waals surface area contributed by atoms with Crippen LogP contribution in [0.1, 0.15) is 72.6 Å². The second-order valence-electron chi connectivity index (χ2n) is 14.5. The molecule has 0 aromatic rings. The predicted octanol–water partition coefficient (Wildman–Crippen LogP) is 9.76. The maximum Gasteiger partial charge on any atom is 0.0542 e. The summed E-state index contributed by atoms with van der Waals surface area (Å²) in [6, 6.07) is 1.30. The number of hydrogen-bond donors (Lipinski definition) is 0. The Balaban J connectivity index is 1.54. The molecule has 0 heterocycles. The van der Waals surface area contributed by atoms with Gasteiger partial charge in [0.15, 0.2) is 0 Å². The molecule has 7 unspecified atom stereocenters. The molecule has 186 valence electrons. The minimum absolute atomic E-state index is 0.239. The fourth-order valence-corrected chi connectivity index (χ4v) is 12.3. The van der Waals surface area contributed by atoms with Crippen molar-refractivity contribution in [3.05, 3.63) is 60.3 Å². The molecule has 1 heteroatoms. The number of fused-ring (bicyclic) bond motifs is 3. The molecule has 0 radical (unpaired) electrons. The second kappa shape index (κ2) is 8.79. The third kappa shape index (κ3) is 4.02. The average Bonchev–Trinajstić information content (AvgIpc) is 3.50. The van der Waals surface area contributed by atoms with Crippen LogP contribution < -0.4 is 0 Å². The molecule has 5 rings (SSSR count). The Morgan fingerprint density at radius 1 is 0.971 bits per heavy atom. The van der Waals surface area contributed by atoms with Gasteiger partial charge >= 0.3 is 0 Å². The molecule has 0 saturated heterocycles. The van der Waals surface area contributed by atoms with Gasteiger partial charge in [0.25, 0.3) is 0 Å². The molecule has 0 nitrogen and oxygen atoms in total. The summed E-state index contributed by atoms with van der Waals surface area (Å²) in [5.41, 5.74) is 4.88. The van der Waals surface area contributed by atoms with E-state index in [1.807, 2.05) is 0 Å². The highest BCUT2D eigenvalue weighted by Gasteiger charge is 2.60. The first-order valence-corrected chi connectivity index (χ1v) is 17.7. The van der Waals surface area contributed by atoms with Gasteiger partial charge in [-0.05, 0) is 96.1 Å². The molecule has 5 aliphatic rings. The van der Waals surface area contributed by atoms with Gasteiger partial charge in [0.05, 0.1) is 8.07 Å². The maximum atomic E-state index is 4.12. The highest BCUT2D eigenvalue weighted by Crippen LogP contribution is 2.67. The first kappa shape index (κ1) is 24.6. The predicted molar refractivity (Wildman–Crippen MR) is 152 cm³/mol.